The number of fused-ring (bicyclic) bond motifs is 1. The molecular weight excluding hydrogens is 314 g/mol. The fraction of sp³-hybridized carbons (Fsp3) is 0.526. The Kier molecular flexibility index (Phi) is 4.53. The van der Waals surface area contributed by atoms with E-state index >= 15 is 0 Å². The Balaban J connectivity index is 1.54. The van der Waals surface area contributed by atoms with Crippen LogP contribution < -0.4 is 0 Å². The van der Waals surface area contributed by atoms with E-state index in [-0.39, 0.29) is 11.9 Å². The standard InChI is InChI=1S/C19H25N5O/c1-22-11-9-17-20-21-19(24(17)13-12-22)16-8-5-10-23(16)18(25)14-15-6-3-2-4-7-15/h2-4,6-7,16H,5,8-14H2,1H3. The van der Waals surface area contributed by atoms with Gasteiger partial charge in [0.2, 0.25) is 5.91 Å². The Labute approximate surface area is 148 Å². The van der Waals surface area contributed by atoms with Crippen molar-refractivity contribution < 1.29 is 4.79 Å². The molecule has 2 aliphatic heterocycles. The first kappa shape index (κ1) is 16.3. The van der Waals surface area contributed by atoms with Crippen molar-refractivity contribution in [2.24, 2.45) is 0 Å². The summed E-state index contributed by atoms with van der Waals surface area (Å²) in [6, 6.07) is 10.1. The maximum Gasteiger partial charge on any atom is 0.227 e. The molecule has 0 spiro atoms. The third kappa shape index (κ3) is 3.31. The second-order valence-corrected chi connectivity index (χ2v) is 7.09. The Morgan fingerprint density at radius 2 is 1.96 bits per heavy atom. The normalized spacial score (nSPS) is 21.2. The van der Waals surface area contributed by atoms with E-state index in [4.69, 9.17) is 0 Å². The van der Waals surface area contributed by atoms with Gasteiger partial charge in [0.05, 0.1) is 12.5 Å². The number of hydrogen-bond donors (Lipinski definition) is 0. The van der Waals surface area contributed by atoms with Crippen LogP contribution in [0.3, 0.4) is 0 Å². The number of hydrogen-bond acceptors (Lipinski definition) is 4. The first-order chi connectivity index (χ1) is 12.2. The van der Waals surface area contributed by atoms with E-state index in [1.165, 1.54) is 0 Å². The van der Waals surface area contributed by atoms with Crippen molar-refractivity contribution in [2.45, 2.75) is 38.3 Å². The van der Waals surface area contributed by atoms with E-state index < -0.39 is 0 Å². The number of likely N-dealkylation sites (N-methyl/N-ethyl adjacent to an activating group) is 1. The maximum atomic E-state index is 12.9. The minimum Gasteiger partial charge on any atom is -0.332 e. The molecule has 1 atom stereocenters. The highest BCUT2D eigenvalue weighted by Crippen LogP contribution is 2.32. The third-order valence-corrected chi connectivity index (χ3v) is 5.35. The first-order valence-electron chi connectivity index (χ1n) is 9.16. The van der Waals surface area contributed by atoms with Gasteiger partial charge in [-0.15, -0.1) is 10.2 Å². The Morgan fingerprint density at radius 1 is 1.12 bits per heavy atom. The molecule has 0 bridgehead atoms. The van der Waals surface area contributed by atoms with Crippen LogP contribution in [0.25, 0.3) is 0 Å². The molecule has 0 N–H and O–H groups in total. The number of carbonyl (C=O) groups is 1. The van der Waals surface area contributed by atoms with Crippen molar-refractivity contribution in [2.75, 3.05) is 26.7 Å². The molecule has 6 heteroatoms. The zero-order chi connectivity index (χ0) is 17.2. The highest BCUT2D eigenvalue weighted by molar-refractivity contribution is 5.79. The largest absolute Gasteiger partial charge is 0.332 e. The van der Waals surface area contributed by atoms with Crippen LogP contribution in [0.4, 0.5) is 0 Å². The summed E-state index contributed by atoms with van der Waals surface area (Å²) < 4.78 is 2.25. The van der Waals surface area contributed by atoms with Gasteiger partial charge in [-0.1, -0.05) is 30.3 Å². The van der Waals surface area contributed by atoms with E-state index in [2.05, 4.69) is 26.7 Å². The van der Waals surface area contributed by atoms with Crippen LogP contribution in [0.5, 0.6) is 0 Å². The van der Waals surface area contributed by atoms with Crippen molar-refractivity contribution in [3.63, 3.8) is 0 Å². The van der Waals surface area contributed by atoms with Crippen LogP contribution in [-0.4, -0.2) is 57.2 Å². The monoisotopic (exact) mass is 339 g/mol. The minimum atomic E-state index is 0.0702. The van der Waals surface area contributed by atoms with Crippen molar-refractivity contribution in [1.82, 2.24) is 24.6 Å². The summed E-state index contributed by atoms with van der Waals surface area (Å²) in [7, 11) is 2.14. The fourth-order valence-corrected chi connectivity index (χ4v) is 3.90. The molecule has 1 saturated heterocycles. The van der Waals surface area contributed by atoms with Gasteiger partial charge in [0.25, 0.3) is 0 Å². The average molecular weight is 339 g/mol. The molecule has 1 aromatic carbocycles. The molecule has 3 heterocycles. The molecule has 2 aromatic rings. The van der Waals surface area contributed by atoms with Crippen molar-refractivity contribution in [3.05, 3.63) is 47.5 Å². The van der Waals surface area contributed by atoms with E-state index in [0.717, 1.165) is 62.7 Å². The van der Waals surface area contributed by atoms with Crippen molar-refractivity contribution >= 4 is 5.91 Å². The lowest BCUT2D eigenvalue weighted by molar-refractivity contribution is -0.131. The summed E-state index contributed by atoms with van der Waals surface area (Å²) in [4.78, 5) is 17.2. The van der Waals surface area contributed by atoms with Crippen LogP contribution >= 0.6 is 0 Å². The lowest BCUT2D eigenvalue weighted by atomic mass is 10.1. The van der Waals surface area contributed by atoms with E-state index in [9.17, 15) is 4.79 Å². The highest BCUT2D eigenvalue weighted by atomic mass is 16.2. The molecule has 0 radical (unpaired) electrons. The van der Waals surface area contributed by atoms with Gasteiger partial charge in [-0.2, -0.15) is 0 Å². The summed E-state index contributed by atoms with van der Waals surface area (Å²) >= 11 is 0. The molecule has 0 aliphatic carbocycles. The number of likely N-dealkylation sites (tertiary alicyclic amines) is 1. The van der Waals surface area contributed by atoms with Crippen molar-refractivity contribution in [3.8, 4) is 0 Å². The predicted octanol–water partition coefficient (Wildman–Crippen LogP) is 1.67. The summed E-state index contributed by atoms with van der Waals surface area (Å²) in [5.74, 6) is 2.22. The summed E-state index contributed by atoms with van der Waals surface area (Å²) in [6.07, 6.45) is 3.40. The smallest absolute Gasteiger partial charge is 0.227 e. The second kappa shape index (κ2) is 6.96. The molecule has 0 saturated carbocycles. The number of aromatic nitrogens is 3. The van der Waals surface area contributed by atoms with Crippen LogP contribution in [0.15, 0.2) is 30.3 Å². The second-order valence-electron chi connectivity index (χ2n) is 7.09. The van der Waals surface area contributed by atoms with E-state index in [1.807, 2.05) is 35.2 Å². The topological polar surface area (TPSA) is 54.3 Å². The minimum absolute atomic E-state index is 0.0702. The number of rotatable bonds is 3. The molecule has 2 aliphatic rings. The quantitative estimate of drug-likeness (QED) is 0.854. The zero-order valence-electron chi connectivity index (χ0n) is 14.8. The Morgan fingerprint density at radius 3 is 2.80 bits per heavy atom. The van der Waals surface area contributed by atoms with Crippen LogP contribution in [0.1, 0.15) is 36.1 Å². The fourth-order valence-electron chi connectivity index (χ4n) is 3.90. The molecule has 25 heavy (non-hydrogen) atoms. The van der Waals surface area contributed by atoms with Gasteiger partial charge in [-0.05, 0) is 25.5 Å². The van der Waals surface area contributed by atoms with Gasteiger partial charge in [0.1, 0.15) is 5.82 Å². The SMILES string of the molecule is CN1CCc2nnc(C3CCCN3C(=O)Cc3ccccc3)n2CC1. The molecule has 132 valence electrons. The summed E-state index contributed by atoms with van der Waals surface area (Å²) in [5, 5.41) is 8.91. The van der Waals surface area contributed by atoms with Gasteiger partial charge >= 0.3 is 0 Å². The number of amides is 1. The molecular formula is C19H25N5O. The first-order valence-corrected chi connectivity index (χ1v) is 9.16. The van der Waals surface area contributed by atoms with E-state index in [0.29, 0.717) is 6.42 Å². The summed E-state index contributed by atoms with van der Waals surface area (Å²) in [6.45, 7) is 3.74. The lowest BCUT2D eigenvalue weighted by Gasteiger charge is -2.25. The Hall–Kier alpha value is -2.21. The highest BCUT2D eigenvalue weighted by Gasteiger charge is 2.34. The van der Waals surface area contributed by atoms with Gasteiger partial charge in [0, 0.05) is 32.6 Å². The van der Waals surface area contributed by atoms with Crippen LogP contribution in [0.2, 0.25) is 0 Å². The number of benzene rings is 1. The molecule has 1 fully saturated rings. The predicted molar refractivity (Wildman–Crippen MR) is 95.1 cm³/mol. The molecule has 1 unspecified atom stereocenters. The average Bonchev–Trinajstić information content (AvgIpc) is 3.21. The maximum absolute atomic E-state index is 12.9. The number of nitrogens with zero attached hydrogens (tertiary/aromatic N) is 5. The van der Waals surface area contributed by atoms with Crippen LogP contribution in [-0.2, 0) is 24.2 Å². The van der Waals surface area contributed by atoms with Crippen LogP contribution in [0, 0.1) is 0 Å². The lowest BCUT2D eigenvalue weighted by Crippen LogP contribution is -2.33. The van der Waals surface area contributed by atoms with E-state index in [1.54, 1.807) is 0 Å². The Bertz CT molecular complexity index is 742. The molecule has 6 nitrogen and oxygen atoms in total. The van der Waals surface area contributed by atoms with Gasteiger partial charge < -0.3 is 14.4 Å². The molecule has 1 aromatic heterocycles. The number of carbonyl (C=O) groups excluding carboxylic acids is 1. The zero-order valence-corrected chi connectivity index (χ0v) is 14.8. The van der Waals surface area contributed by atoms with Gasteiger partial charge in [-0.3, -0.25) is 4.79 Å². The summed E-state index contributed by atoms with van der Waals surface area (Å²) in [5.41, 5.74) is 1.07. The third-order valence-electron chi connectivity index (χ3n) is 5.35. The van der Waals surface area contributed by atoms with Gasteiger partial charge in [-0.25, -0.2) is 0 Å². The molecule has 4 rings (SSSR count). The van der Waals surface area contributed by atoms with Gasteiger partial charge in [0.15, 0.2) is 5.82 Å². The molecule has 1 amide bonds. The van der Waals surface area contributed by atoms with Crippen molar-refractivity contribution in [1.29, 1.82) is 0 Å².